The topological polar surface area (TPSA) is 15.3 Å². The molecule has 3 rings (SSSR count). The van der Waals surface area contributed by atoms with Crippen LogP contribution in [0.1, 0.15) is 65.2 Å². The van der Waals surface area contributed by atoms with Crippen molar-refractivity contribution in [3.8, 4) is 0 Å². The summed E-state index contributed by atoms with van der Waals surface area (Å²) in [6, 6.07) is 0.869. The first-order valence-electron chi connectivity index (χ1n) is 8.68. The Hall–Kier alpha value is -0.0800. The van der Waals surface area contributed by atoms with Crippen molar-refractivity contribution >= 4 is 0 Å². The molecule has 0 bridgehead atoms. The van der Waals surface area contributed by atoms with Crippen LogP contribution in [0.2, 0.25) is 0 Å². The first-order chi connectivity index (χ1) is 9.19. The van der Waals surface area contributed by atoms with E-state index in [2.05, 4.69) is 24.1 Å². The monoisotopic (exact) mass is 264 g/mol. The highest BCUT2D eigenvalue weighted by Gasteiger charge is 2.39. The van der Waals surface area contributed by atoms with Gasteiger partial charge in [0, 0.05) is 18.1 Å². The second-order valence-corrected chi connectivity index (χ2v) is 7.70. The van der Waals surface area contributed by atoms with Crippen molar-refractivity contribution < 1.29 is 0 Å². The minimum Gasteiger partial charge on any atom is -0.310 e. The van der Waals surface area contributed by atoms with E-state index in [0.29, 0.717) is 5.54 Å². The molecule has 0 amide bonds. The summed E-state index contributed by atoms with van der Waals surface area (Å²) >= 11 is 0. The van der Waals surface area contributed by atoms with Gasteiger partial charge in [0.2, 0.25) is 0 Å². The van der Waals surface area contributed by atoms with Gasteiger partial charge in [-0.15, -0.1) is 0 Å². The number of hydrogen-bond donors (Lipinski definition) is 1. The van der Waals surface area contributed by atoms with Crippen molar-refractivity contribution in [1.29, 1.82) is 0 Å². The van der Waals surface area contributed by atoms with Gasteiger partial charge in [-0.2, -0.15) is 0 Å². The summed E-state index contributed by atoms with van der Waals surface area (Å²) in [5.74, 6) is 1.86. The van der Waals surface area contributed by atoms with E-state index in [0.717, 1.165) is 17.9 Å². The van der Waals surface area contributed by atoms with Gasteiger partial charge in [0.05, 0.1) is 0 Å². The Labute approximate surface area is 119 Å². The van der Waals surface area contributed by atoms with Gasteiger partial charge in [0.15, 0.2) is 0 Å². The molecule has 1 heterocycles. The first kappa shape index (κ1) is 13.9. The molecule has 1 saturated heterocycles. The molecular formula is C17H32N2. The summed E-state index contributed by atoms with van der Waals surface area (Å²) in [6.45, 7) is 8.84. The van der Waals surface area contributed by atoms with Crippen molar-refractivity contribution in [1.82, 2.24) is 10.2 Å². The highest BCUT2D eigenvalue weighted by Crippen LogP contribution is 2.36. The number of nitrogens with zero attached hydrogens (tertiary/aromatic N) is 1. The van der Waals surface area contributed by atoms with Crippen LogP contribution >= 0.6 is 0 Å². The first-order valence-corrected chi connectivity index (χ1v) is 8.68. The molecule has 2 nitrogen and oxygen atoms in total. The number of rotatable bonds is 1. The smallest absolute Gasteiger partial charge is 0.0308 e. The SMILES string of the molecule is CC1CCC(N2CCCNC3(CCCC3)C2)C(C)C1. The molecule has 2 saturated carbocycles. The largest absolute Gasteiger partial charge is 0.310 e. The van der Waals surface area contributed by atoms with Crippen LogP contribution in [0, 0.1) is 11.8 Å². The van der Waals surface area contributed by atoms with Crippen molar-refractivity contribution in [3.63, 3.8) is 0 Å². The van der Waals surface area contributed by atoms with Crippen molar-refractivity contribution in [3.05, 3.63) is 0 Å². The molecule has 19 heavy (non-hydrogen) atoms. The predicted molar refractivity (Wildman–Crippen MR) is 81.4 cm³/mol. The lowest BCUT2D eigenvalue weighted by Crippen LogP contribution is -2.53. The quantitative estimate of drug-likeness (QED) is 0.780. The lowest BCUT2D eigenvalue weighted by atomic mass is 9.78. The zero-order valence-electron chi connectivity index (χ0n) is 13.0. The third kappa shape index (κ3) is 3.00. The third-order valence-electron chi connectivity index (χ3n) is 6.04. The minimum absolute atomic E-state index is 0.485. The van der Waals surface area contributed by atoms with E-state index < -0.39 is 0 Å². The van der Waals surface area contributed by atoms with E-state index >= 15 is 0 Å². The average molecular weight is 264 g/mol. The molecular weight excluding hydrogens is 232 g/mol. The van der Waals surface area contributed by atoms with Crippen molar-refractivity contribution in [2.45, 2.75) is 76.8 Å². The second kappa shape index (κ2) is 5.73. The van der Waals surface area contributed by atoms with E-state index in [1.807, 2.05) is 0 Å². The molecule has 0 aromatic rings. The van der Waals surface area contributed by atoms with Crippen molar-refractivity contribution in [2.24, 2.45) is 11.8 Å². The van der Waals surface area contributed by atoms with E-state index in [1.54, 1.807) is 0 Å². The summed E-state index contributed by atoms with van der Waals surface area (Å²) in [7, 11) is 0. The van der Waals surface area contributed by atoms with Gasteiger partial charge in [0.1, 0.15) is 0 Å². The fourth-order valence-electron chi connectivity index (χ4n) is 5.02. The highest BCUT2D eigenvalue weighted by atomic mass is 15.2. The van der Waals surface area contributed by atoms with Crippen LogP contribution in [0.5, 0.6) is 0 Å². The van der Waals surface area contributed by atoms with Crippen LogP contribution in [0.25, 0.3) is 0 Å². The predicted octanol–water partition coefficient (Wildman–Crippen LogP) is 3.42. The molecule has 1 N–H and O–H groups in total. The van der Waals surface area contributed by atoms with Gasteiger partial charge in [-0.05, 0) is 63.5 Å². The Bertz CT molecular complexity index is 296. The molecule has 110 valence electrons. The van der Waals surface area contributed by atoms with Crippen LogP contribution < -0.4 is 5.32 Å². The maximum atomic E-state index is 3.91. The normalized spacial score (nSPS) is 40.4. The van der Waals surface area contributed by atoms with E-state index in [9.17, 15) is 0 Å². The average Bonchev–Trinajstić information content (AvgIpc) is 2.71. The van der Waals surface area contributed by atoms with E-state index in [4.69, 9.17) is 0 Å². The van der Waals surface area contributed by atoms with E-state index in [1.165, 1.54) is 71.0 Å². The standard InChI is InChI=1S/C17H32N2/c1-14-6-7-16(15(2)12-14)19-11-5-10-18-17(13-19)8-3-4-9-17/h14-16,18H,3-13H2,1-2H3. The third-order valence-corrected chi connectivity index (χ3v) is 6.04. The Morgan fingerprint density at radius 3 is 2.58 bits per heavy atom. The van der Waals surface area contributed by atoms with Crippen LogP contribution in [-0.2, 0) is 0 Å². The zero-order valence-corrected chi connectivity index (χ0v) is 13.0. The molecule has 3 aliphatic rings. The second-order valence-electron chi connectivity index (χ2n) is 7.70. The molecule has 3 unspecified atom stereocenters. The fourth-order valence-corrected chi connectivity index (χ4v) is 5.02. The molecule has 0 aromatic heterocycles. The Morgan fingerprint density at radius 2 is 1.84 bits per heavy atom. The van der Waals surface area contributed by atoms with Gasteiger partial charge in [-0.25, -0.2) is 0 Å². The highest BCUT2D eigenvalue weighted by molar-refractivity contribution is 4.99. The Kier molecular flexibility index (Phi) is 4.19. The Balaban J connectivity index is 1.68. The van der Waals surface area contributed by atoms with Crippen molar-refractivity contribution in [2.75, 3.05) is 19.6 Å². The summed E-state index contributed by atoms with van der Waals surface area (Å²) < 4.78 is 0. The summed E-state index contributed by atoms with van der Waals surface area (Å²) in [6.07, 6.45) is 11.4. The molecule has 3 atom stereocenters. The molecule has 2 heteroatoms. The van der Waals surface area contributed by atoms with Crippen LogP contribution in [0.4, 0.5) is 0 Å². The maximum Gasteiger partial charge on any atom is 0.0308 e. The van der Waals surface area contributed by atoms with Gasteiger partial charge in [-0.1, -0.05) is 26.7 Å². The maximum absolute atomic E-state index is 3.91. The minimum atomic E-state index is 0.485. The summed E-state index contributed by atoms with van der Waals surface area (Å²) in [5, 5.41) is 3.91. The summed E-state index contributed by atoms with van der Waals surface area (Å²) in [5.41, 5.74) is 0.485. The van der Waals surface area contributed by atoms with Gasteiger partial charge in [0.25, 0.3) is 0 Å². The number of nitrogens with one attached hydrogen (secondary N) is 1. The lowest BCUT2D eigenvalue weighted by Gasteiger charge is -2.43. The van der Waals surface area contributed by atoms with Gasteiger partial charge < -0.3 is 5.32 Å². The molecule has 2 aliphatic carbocycles. The molecule has 0 radical (unpaired) electrons. The number of hydrogen-bond acceptors (Lipinski definition) is 2. The lowest BCUT2D eigenvalue weighted by molar-refractivity contribution is 0.0762. The Morgan fingerprint density at radius 1 is 1.05 bits per heavy atom. The molecule has 0 aromatic carbocycles. The van der Waals surface area contributed by atoms with Gasteiger partial charge in [-0.3, -0.25) is 4.90 Å². The van der Waals surface area contributed by atoms with Crippen LogP contribution in [-0.4, -0.2) is 36.1 Å². The van der Waals surface area contributed by atoms with Gasteiger partial charge >= 0.3 is 0 Å². The zero-order chi connectivity index (χ0) is 13.3. The van der Waals surface area contributed by atoms with Crippen LogP contribution in [0.3, 0.4) is 0 Å². The van der Waals surface area contributed by atoms with E-state index in [-0.39, 0.29) is 0 Å². The van der Waals surface area contributed by atoms with Crippen LogP contribution in [0.15, 0.2) is 0 Å². The fraction of sp³-hybridized carbons (Fsp3) is 1.00. The molecule has 1 spiro atoms. The summed E-state index contributed by atoms with van der Waals surface area (Å²) in [4.78, 5) is 2.88. The molecule has 1 aliphatic heterocycles. The molecule has 3 fully saturated rings.